The fourth-order valence-electron chi connectivity index (χ4n) is 1.95. The van der Waals surface area contributed by atoms with Crippen molar-refractivity contribution in [3.05, 3.63) is 47.4 Å². The summed E-state index contributed by atoms with van der Waals surface area (Å²) in [6.07, 6.45) is 5.40. The molecule has 0 spiro atoms. The summed E-state index contributed by atoms with van der Waals surface area (Å²) < 4.78 is 1.79. The Morgan fingerprint density at radius 1 is 1.20 bits per heavy atom. The highest BCUT2D eigenvalue weighted by Crippen LogP contribution is 2.21. The van der Waals surface area contributed by atoms with E-state index in [1.807, 2.05) is 38.4 Å². The smallest absolute Gasteiger partial charge is 0.263 e. The highest BCUT2D eigenvalue weighted by molar-refractivity contribution is 7.17. The minimum absolute atomic E-state index is 0.0773. The highest BCUT2D eigenvalue weighted by Gasteiger charge is 2.12. The van der Waals surface area contributed by atoms with Gasteiger partial charge in [-0.25, -0.2) is 14.6 Å². The lowest BCUT2D eigenvalue weighted by Crippen LogP contribution is -2.17. The number of nitrogens with zero attached hydrogens (tertiary/aromatic N) is 4. The Balaban J connectivity index is 0.000000181. The third kappa shape index (κ3) is 4.77. The second-order valence-corrected chi connectivity index (χ2v) is 5.86. The maximum absolute atomic E-state index is 11.2. The predicted molar refractivity (Wildman–Crippen MR) is 101 cm³/mol. The Hall–Kier alpha value is -2.94. The van der Waals surface area contributed by atoms with Crippen molar-refractivity contribution >= 4 is 28.2 Å². The van der Waals surface area contributed by atoms with Crippen LogP contribution >= 0.6 is 11.3 Å². The first kappa shape index (κ1) is 18.4. The van der Waals surface area contributed by atoms with E-state index < -0.39 is 0 Å². The third-order valence-corrected chi connectivity index (χ3v) is 4.39. The van der Waals surface area contributed by atoms with Gasteiger partial charge in [0.1, 0.15) is 10.7 Å². The maximum Gasteiger partial charge on any atom is 0.263 e. The average molecular weight is 359 g/mol. The van der Waals surface area contributed by atoms with E-state index in [9.17, 15) is 4.79 Å². The van der Waals surface area contributed by atoms with Gasteiger partial charge in [-0.15, -0.1) is 0 Å². The van der Waals surface area contributed by atoms with Crippen LogP contribution in [-0.2, 0) is 0 Å². The van der Waals surface area contributed by atoms with Gasteiger partial charge in [0.05, 0.1) is 11.4 Å². The number of anilines is 2. The van der Waals surface area contributed by atoms with Crippen LogP contribution in [0.5, 0.6) is 0 Å². The van der Waals surface area contributed by atoms with Gasteiger partial charge in [-0.3, -0.25) is 4.79 Å². The van der Waals surface area contributed by atoms with Gasteiger partial charge in [0, 0.05) is 45.8 Å². The molecule has 0 atom stereocenters. The molecule has 0 saturated heterocycles. The van der Waals surface area contributed by atoms with E-state index in [1.165, 1.54) is 11.3 Å². The van der Waals surface area contributed by atoms with Crippen LogP contribution in [0.1, 0.15) is 15.4 Å². The lowest BCUT2D eigenvalue weighted by atomic mass is 10.4. The van der Waals surface area contributed by atoms with Gasteiger partial charge in [0.25, 0.3) is 5.91 Å². The Kier molecular flexibility index (Phi) is 6.47. The third-order valence-electron chi connectivity index (χ3n) is 3.21. The molecule has 0 radical (unpaired) electrons. The summed E-state index contributed by atoms with van der Waals surface area (Å²) in [6.45, 7) is 1.82. The van der Waals surface area contributed by atoms with Crippen molar-refractivity contribution in [1.82, 2.24) is 25.1 Å². The number of nitrogens with one attached hydrogen (secondary N) is 3. The Morgan fingerprint density at radius 2 is 2.00 bits per heavy atom. The Morgan fingerprint density at radius 3 is 2.56 bits per heavy atom. The Labute approximate surface area is 150 Å². The standard InChI is InChI=1S/C9H10N4.C7H11N3OS/c1-10-9-7-8(3-5-11-9)13-6-2-4-12-13;1-4-5(6(11)8-2)12-7(9-3)10-4/h2-7H,1H3,(H,10,11);1-3H3,(H,8,11)(H,9,10). The molecular formula is C16H21N7OS. The van der Waals surface area contributed by atoms with Crippen molar-refractivity contribution in [2.45, 2.75) is 6.92 Å². The number of hydrogen-bond donors (Lipinski definition) is 3. The summed E-state index contributed by atoms with van der Waals surface area (Å²) in [5.41, 5.74) is 1.77. The van der Waals surface area contributed by atoms with E-state index in [2.05, 4.69) is 31.0 Å². The molecule has 0 saturated carbocycles. The van der Waals surface area contributed by atoms with Crippen LogP contribution < -0.4 is 16.0 Å². The van der Waals surface area contributed by atoms with Gasteiger partial charge in [0.15, 0.2) is 5.13 Å². The summed E-state index contributed by atoms with van der Waals surface area (Å²) in [4.78, 5) is 20.1. The molecule has 0 aliphatic heterocycles. The number of hydrogen-bond acceptors (Lipinski definition) is 7. The van der Waals surface area contributed by atoms with Crippen molar-refractivity contribution in [3.8, 4) is 5.69 Å². The van der Waals surface area contributed by atoms with E-state index >= 15 is 0 Å². The quantitative estimate of drug-likeness (QED) is 0.660. The normalized spacial score (nSPS) is 9.76. The second-order valence-electron chi connectivity index (χ2n) is 4.86. The molecule has 0 aromatic carbocycles. The van der Waals surface area contributed by atoms with Gasteiger partial charge in [0.2, 0.25) is 0 Å². The lowest BCUT2D eigenvalue weighted by Gasteiger charge is -2.02. The van der Waals surface area contributed by atoms with Gasteiger partial charge in [-0.1, -0.05) is 11.3 Å². The molecule has 0 aliphatic carbocycles. The topological polar surface area (TPSA) is 96.8 Å². The zero-order chi connectivity index (χ0) is 18.2. The molecule has 3 heterocycles. The summed E-state index contributed by atoms with van der Waals surface area (Å²) in [5.74, 6) is 0.763. The van der Waals surface area contributed by atoms with Gasteiger partial charge in [-0.2, -0.15) is 5.10 Å². The molecule has 132 valence electrons. The zero-order valence-electron chi connectivity index (χ0n) is 14.6. The molecule has 1 amide bonds. The summed E-state index contributed by atoms with van der Waals surface area (Å²) in [6, 6.07) is 5.74. The fraction of sp³-hybridized carbons (Fsp3) is 0.250. The number of rotatable bonds is 4. The Bertz CT molecular complexity index is 814. The average Bonchev–Trinajstić information content (AvgIpc) is 3.31. The summed E-state index contributed by atoms with van der Waals surface area (Å²) >= 11 is 1.36. The summed E-state index contributed by atoms with van der Waals surface area (Å²) in [7, 11) is 5.24. The molecule has 9 heteroatoms. The van der Waals surface area contributed by atoms with Crippen molar-refractivity contribution in [1.29, 1.82) is 0 Å². The first-order valence-corrected chi connectivity index (χ1v) is 8.41. The predicted octanol–water partition coefficient (Wildman–Crippen LogP) is 2.16. The van der Waals surface area contributed by atoms with E-state index in [0.29, 0.717) is 4.88 Å². The SMILES string of the molecule is CNC(=O)c1sc(NC)nc1C.CNc1cc(-n2cccn2)ccn1. The zero-order valence-corrected chi connectivity index (χ0v) is 15.4. The molecule has 3 aromatic rings. The minimum atomic E-state index is -0.0773. The molecule has 3 rings (SSSR count). The molecule has 0 bridgehead atoms. The van der Waals surface area contributed by atoms with Crippen molar-refractivity contribution in [3.63, 3.8) is 0 Å². The molecular weight excluding hydrogens is 338 g/mol. The molecule has 3 N–H and O–H groups in total. The van der Waals surface area contributed by atoms with Crippen LogP contribution in [0.3, 0.4) is 0 Å². The van der Waals surface area contributed by atoms with Crippen LogP contribution in [-0.4, -0.2) is 46.8 Å². The van der Waals surface area contributed by atoms with Crippen LogP contribution in [0.25, 0.3) is 5.69 Å². The van der Waals surface area contributed by atoms with E-state index in [-0.39, 0.29) is 5.91 Å². The van der Waals surface area contributed by atoms with Crippen molar-refractivity contribution < 1.29 is 4.79 Å². The molecule has 0 unspecified atom stereocenters. The number of carbonyl (C=O) groups is 1. The van der Waals surface area contributed by atoms with Crippen molar-refractivity contribution in [2.75, 3.05) is 31.8 Å². The van der Waals surface area contributed by atoms with Crippen LogP contribution in [0.15, 0.2) is 36.8 Å². The number of pyridine rings is 1. The maximum atomic E-state index is 11.2. The fourth-order valence-corrected chi connectivity index (χ4v) is 2.81. The highest BCUT2D eigenvalue weighted by atomic mass is 32.1. The number of thiazole rings is 1. The molecule has 0 fully saturated rings. The van der Waals surface area contributed by atoms with E-state index in [1.54, 1.807) is 31.2 Å². The minimum Gasteiger partial charge on any atom is -0.373 e. The van der Waals surface area contributed by atoms with E-state index in [4.69, 9.17) is 0 Å². The summed E-state index contributed by atoms with van der Waals surface area (Å²) in [5, 5.41) is 13.3. The van der Waals surface area contributed by atoms with Gasteiger partial charge in [-0.05, 0) is 19.1 Å². The molecule has 0 aliphatic rings. The molecule has 8 nitrogen and oxygen atoms in total. The monoisotopic (exact) mass is 359 g/mol. The number of aryl methyl sites for hydroxylation is 1. The molecule has 25 heavy (non-hydrogen) atoms. The van der Waals surface area contributed by atoms with Crippen LogP contribution in [0.2, 0.25) is 0 Å². The van der Waals surface area contributed by atoms with E-state index in [0.717, 1.165) is 22.3 Å². The van der Waals surface area contributed by atoms with Gasteiger partial charge < -0.3 is 16.0 Å². The van der Waals surface area contributed by atoms with Crippen molar-refractivity contribution in [2.24, 2.45) is 0 Å². The lowest BCUT2D eigenvalue weighted by molar-refractivity contribution is 0.0966. The van der Waals surface area contributed by atoms with Crippen LogP contribution in [0.4, 0.5) is 10.9 Å². The number of aromatic nitrogens is 4. The largest absolute Gasteiger partial charge is 0.373 e. The second kappa shape index (κ2) is 8.78. The first-order chi connectivity index (χ1) is 12.1. The number of amides is 1. The first-order valence-electron chi connectivity index (χ1n) is 7.60. The number of carbonyl (C=O) groups excluding carboxylic acids is 1. The van der Waals surface area contributed by atoms with Gasteiger partial charge >= 0.3 is 0 Å². The van der Waals surface area contributed by atoms with Crippen LogP contribution in [0, 0.1) is 6.92 Å². The molecule has 3 aromatic heterocycles.